The first-order valence-corrected chi connectivity index (χ1v) is 3.55. The summed E-state index contributed by atoms with van der Waals surface area (Å²) in [4.78, 5) is 19.3. The first kappa shape index (κ1) is 19.8. The number of hydrogen-bond acceptors (Lipinski definition) is 6. The maximum absolute atomic E-state index is 9.65. The molecular weight excluding hydrogens is 260 g/mol. The molecule has 1 radical (unpaired) electrons. The predicted molar refractivity (Wildman–Crippen MR) is 45.4 cm³/mol. The van der Waals surface area contributed by atoms with Gasteiger partial charge in [-0.15, -0.1) is 0 Å². The molecule has 0 fully saturated rings. The van der Waals surface area contributed by atoms with Crippen LogP contribution in [0.2, 0.25) is 0 Å². The number of aliphatic carboxylic acids is 2. The van der Waals surface area contributed by atoms with E-state index in [2.05, 4.69) is 0 Å². The van der Waals surface area contributed by atoms with Crippen LogP contribution < -0.4 is 11.5 Å². The van der Waals surface area contributed by atoms with E-state index in [0.29, 0.717) is 0 Å². The molecule has 9 heteroatoms. The largest absolute Gasteiger partial charge is 0.480 e. The molecule has 0 bridgehead atoms. The Kier molecular flexibility index (Phi) is 15.0. The molecule has 0 aromatic carbocycles. The number of carboxylic acids is 2. The Morgan fingerprint density at radius 3 is 1.13 bits per heavy atom. The van der Waals surface area contributed by atoms with E-state index in [1.54, 1.807) is 0 Å². The van der Waals surface area contributed by atoms with Crippen molar-refractivity contribution in [2.24, 2.45) is 11.5 Å². The molecule has 0 aliphatic rings. The van der Waals surface area contributed by atoms with Crippen LogP contribution in [0.4, 0.5) is 0 Å². The SMILES string of the molecule is NC(CO)C(=O)O.NC(CO)C(=O)O.[Cu]. The summed E-state index contributed by atoms with van der Waals surface area (Å²) in [6, 6.07) is -2.25. The number of aliphatic hydroxyl groups is 2. The van der Waals surface area contributed by atoms with Gasteiger partial charge in [-0.05, 0) is 0 Å². The number of aliphatic hydroxyl groups excluding tert-OH is 2. The second kappa shape index (κ2) is 11.4. The maximum Gasteiger partial charge on any atom is 0.322 e. The summed E-state index contributed by atoms with van der Waals surface area (Å²) in [6.45, 7) is -1.01. The Morgan fingerprint density at radius 1 is 0.933 bits per heavy atom. The molecule has 15 heavy (non-hydrogen) atoms. The first-order chi connectivity index (χ1) is 6.36. The topological polar surface area (TPSA) is 167 Å². The van der Waals surface area contributed by atoms with Crippen LogP contribution >= 0.6 is 0 Å². The third-order valence-electron chi connectivity index (χ3n) is 1.03. The molecule has 0 amide bonds. The third-order valence-corrected chi connectivity index (χ3v) is 1.03. The molecule has 0 rings (SSSR count). The normalized spacial score (nSPS) is 12.5. The van der Waals surface area contributed by atoms with Crippen molar-refractivity contribution in [3.05, 3.63) is 0 Å². The average molecular weight is 274 g/mol. The molecule has 2 atom stereocenters. The summed E-state index contributed by atoms with van der Waals surface area (Å²) in [7, 11) is 0. The number of carboxylic acid groups (broad SMARTS) is 2. The summed E-state index contributed by atoms with van der Waals surface area (Å²) < 4.78 is 0. The van der Waals surface area contributed by atoms with Crippen LogP contribution in [-0.2, 0) is 26.7 Å². The van der Waals surface area contributed by atoms with Crippen molar-refractivity contribution in [1.29, 1.82) is 0 Å². The van der Waals surface area contributed by atoms with Crippen molar-refractivity contribution in [2.75, 3.05) is 13.2 Å². The van der Waals surface area contributed by atoms with Crippen LogP contribution in [0.1, 0.15) is 0 Å². The molecule has 0 aliphatic heterocycles. The quantitative estimate of drug-likeness (QED) is 0.291. The van der Waals surface area contributed by atoms with Gasteiger partial charge in [0.2, 0.25) is 0 Å². The monoisotopic (exact) mass is 273 g/mol. The van der Waals surface area contributed by atoms with Gasteiger partial charge in [-0.2, -0.15) is 0 Å². The van der Waals surface area contributed by atoms with Gasteiger partial charge in [0.05, 0.1) is 13.2 Å². The van der Waals surface area contributed by atoms with Crippen molar-refractivity contribution in [2.45, 2.75) is 12.1 Å². The van der Waals surface area contributed by atoms with E-state index < -0.39 is 37.2 Å². The van der Waals surface area contributed by atoms with Crippen molar-refractivity contribution < 1.29 is 47.1 Å². The summed E-state index contributed by atoms with van der Waals surface area (Å²) in [6.07, 6.45) is 0. The molecule has 0 saturated carbocycles. The van der Waals surface area contributed by atoms with Crippen molar-refractivity contribution in [1.82, 2.24) is 0 Å². The van der Waals surface area contributed by atoms with Gasteiger partial charge < -0.3 is 31.9 Å². The van der Waals surface area contributed by atoms with E-state index in [-0.39, 0.29) is 17.1 Å². The molecule has 0 saturated heterocycles. The van der Waals surface area contributed by atoms with Crippen LogP contribution in [0.3, 0.4) is 0 Å². The van der Waals surface area contributed by atoms with Gasteiger partial charge in [0.1, 0.15) is 12.1 Å². The predicted octanol–water partition coefficient (Wildman–Crippen LogP) is -3.22. The van der Waals surface area contributed by atoms with E-state index in [1.165, 1.54) is 0 Å². The standard InChI is InChI=1S/2C3H7NO3.Cu/c2*4-2(1-5)3(6)7;/h2*2,5H,1,4H2,(H,6,7);. The van der Waals surface area contributed by atoms with Crippen LogP contribution in [0, 0.1) is 0 Å². The second-order valence-corrected chi connectivity index (χ2v) is 2.25. The zero-order chi connectivity index (χ0) is 11.7. The molecule has 8 nitrogen and oxygen atoms in total. The molecule has 95 valence electrons. The van der Waals surface area contributed by atoms with Crippen LogP contribution in [0.25, 0.3) is 0 Å². The van der Waals surface area contributed by atoms with Crippen molar-refractivity contribution >= 4 is 11.9 Å². The molecular formula is C6H14CuN2O6. The average Bonchev–Trinajstić information content (AvgIpc) is 2.15. The summed E-state index contributed by atoms with van der Waals surface area (Å²) in [5.41, 5.74) is 9.53. The fourth-order valence-corrected chi connectivity index (χ4v) is 0.156. The molecule has 0 heterocycles. The van der Waals surface area contributed by atoms with E-state index in [1.807, 2.05) is 0 Å². The number of carbonyl (C=O) groups is 2. The van der Waals surface area contributed by atoms with Crippen LogP contribution in [0.15, 0.2) is 0 Å². The number of nitrogens with two attached hydrogens (primary N) is 2. The molecule has 8 N–H and O–H groups in total. The molecule has 0 aliphatic carbocycles. The summed E-state index contributed by atoms with van der Waals surface area (Å²) in [5.74, 6) is -2.36. The minimum atomic E-state index is -1.18. The fraction of sp³-hybridized carbons (Fsp3) is 0.667. The zero-order valence-electron chi connectivity index (χ0n) is 7.63. The van der Waals surface area contributed by atoms with Gasteiger partial charge in [-0.1, -0.05) is 0 Å². The molecule has 0 aromatic rings. The Balaban J connectivity index is -0.000000180. The zero-order valence-corrected chi connectivity index (χ0v) is 8.57. The first-order valence-electron chi connectivity index (χ1n) is 3.55. The number of rotatable bonds is 4. The Morgan fingerprint density at radius 2 is 1.13 bits per heavy atom. The minimum absolute atomic E-state index is 0. The van der Waals surface area contributed by atoms with Crippen molar-refractivity contribution in [3.63, 3.8) is 0 Å². The van der Waals surface area contributed by atoms with Gasteiger partial charge in [0.15, 0.2) is 0 Å². The van der Waals surface area contributed by atoms with E-state index in [9.17, 15) is 9.59 Å². The Bertz CT molecular complexity index is 170. The van der Waals surface area contributed by atoms with Gasteiger partial charge >= 0.3 is 11.9 Å². The maximum atomic E-state index is 9.65. The summed E-state index contributed by atoms with van der Waals surface area (Å²) >= 11 is 0. The Hall–Kier alpha value is -0.701. The minimum Gasteiger partial charge on any atom is -0.480 e. The van der Waals surface area contributed by atoms with Crippen LogP contribution in [0.5, 0.6) is 0 Å². The fourth-order valence-electron chi connectivity index (χ4n) is 0.156. The van der Waals surface area contributed by atoms with Gasteiger partial charge in [-0.3, -0.25) is 9.59 Å². The van der Waals surface area contributed by atoms with Gasteiger partial charge in [0, 0.05) is 17.1 Å². The Labute approximate surface area is 96.3 Å². The molecule has 0 spiro atoms. The van der Waals surface area contributed by atoms with E-state index in [0.717, 1.165) is 0 Å². The van der Waals surface area contributed by atoms with Crippen molar-refractivity contribution in [3.8, 4) is 0 Å². The molecule has 2 unspecified atom stereocenters. The molecule has 0 aromatic heterocycles. The van der Waals surface area contributed by atoms with Gasteiger partial charge in [0.25, 0.3) is 0 Å². The third kappa shape index (κ3) is 13.3. The van der Waals surface area contributed by atoms with Gasteiger partial charge in [-0.25, -0.2) is 0 Å². The summed E-state index contributed by atoms with van der Waals surface area (Å²) in [5, 5.41) is 31.8. The van der Waals surface area contributed by atoms with E-state index in [4.69, 9.17) is 31.9 Å². The smallest absolute Gasteiger partial charge is 0.322 e. The van der Waals surface area contributed by atoms with E-state index >= 15 is 0 Å². The number of hydrogen-bond donors (Lipinski definition) is 6. The van der Waals surface area contributed by atoms with Crippen LogP contribution in [-0.4, -0.2) is 57.7 Å². The second-order valence-electron chi connectivity index (χ2n) is 2.25.